The molecule has 1 aromatic rings. The summed E-state index contributed by atoms with van der Waals surface area (Å²) in [5.41, 5.74) is 1.91. The number of carbonyl (C=O) groups is 1. The normalized spacial score (nSPS) is 14.8. The van der Waals surface area contributed by atoms with Gasteiger partial charge in [0.05, 0.1) is 0 Å². The monoisotopic (exact) mass is 279 g/mol. The number of anilines is 1. The van der Waals surface area contributed by atoms with Crippen molar-refractivity contribution in [3.05, 3.63) is 34.9 Å². The summed E-state index contributed by atoms with van der Waals surface area (Å²) in [5, 5.41) is 9.37. The van der Waals surface area contributed by atoms with E-state index >= 15 is 0 Å². The number of hydrogen-bond acceptors (Lipinski definition) is 2. The molecule has 1 fully saturated rings. The zero-order chi connectivity index (χ0) is 13.8. The molecule has 2 rings (SSSR count). The average molecular weight is 280 g/mol. The van der Waals surface area contributed by atoms with Crippen LogP contribution in [0.3, 0.4) is 0 Å². The summed E-state index contributed by atoms with van der Waals surface area (Å²) in [6.07, 6.45) is 5.36. The molecule has 0 unspecified atom stereocenters. The molecule has 1 aliphatic rings. The number of nitrogens with zero attached hydrogens (tertiary/aromatic N) is 1. The molecule has 1 N–H and O–H groups in total. The first-order valence-corrected chi connectivity index (χ1v) is 6.93. The largest absolute Gasteiger partial charge is 0.478 e. The lowest BCUT2D eigenvalue weighted by molar-refractivity contribution is -0.131. The molecule has 102 valence electrons. The number of rotatable bonds is 6. The number of hydrogen-bond donors (Lipinski definition) is 1. The van der Waals surface area contributed by atoms with Crippen molar-refractivity contribution >= 4 is 29.3 Å². The van der Waals surface area contributed by atoms with Crippen LogP contribution in [0.4, 0.5) is 5.69 Å². The highest BCUT2D eigenvalue weighted by Gasteiger charge is 2.24. The Morgan fingerprint density at radius 2 is 2.26 bits per heavy atom. The third-order valence-electron chi connectivity index (χ3n) is 3.29. The Bertz CT molecular complexity index is 495. The van der Waals surface area contributed by atoms with Crippen LogP contribution in [-0.2, 0) is 4.79 Å². The first kappa shape index (κ1) is 13.9. The molecule has 0 bridgehead atoms. The fraction of sp³-hybridized carbons (Fsp3) is 0.400. The Labute approximate surface area is 118 Å². The second-order valence-corrected chi connectivity index (χ2v) is 5.29. The Kier molecular flexibility index (Phi) is 4.48. The average Bonchev–Trinajstić information content (AvgIpc) is 3.18. The fourth-order valence-electron chi connectivity index (χ4n) is 2.12. The van der Waals surface area contributed by atoms with Crippen LogP contribution >= 0.6 is 11.6 Å². The number of carboxylic acid groups (broad SMARTS) is 1. The lowest BCUT2D eigenvalue weighted by atomic mass is 10.1. The van der Waals surface area contributed by atoms with Gasteiger partial charge in [-0.1, -0.05) is 11.6 Å². The van der Waals surface area contributed by atoms with Crippen LogP contribution in [0.2, 0.25) is 5.02 Å². The number of carboxylic acids is 1. The van der Waals surface area contributed by atoms with Crippen LogP contribution < -0.4 is 4.90 Å². The van der Waals surface area contributed by atoms with E-state index in [9.17, 15) is 4.79 Å². The highest BCUT2D eigenvalue weighted by Crippen LogP contribution is 2.33. The third-order valence-corrected chi connectivity index (χ3v) is 3.53. The van der Waals surface area contributed by atoms with Gasteiger partial charge in [0.1, 0.15) is 0 Å². The van der Waals surface area contributed by atoms with Crippen LogP contribution in [0.25, 0.3) is 6.08 Å². The van der Waals surface area contributed by atoms with Crippen molar-refractivity contribution in [2.45, 2.75) is 19.8 Å². The number of aliphatic carboxylic acids is 1. The molecular formula is C15H18ClNO2. The summed E-state index contributed by atoms with van der Waals surface area (Å²) in [7, 11) is 0. The Hall–Kier alpha value is -1.48. The van der Waals surface area contributed by atoms with Gasteiger partial charge in [-0.3, -0.25) is 0 Å². The minimum Gasteiger partial charge on any atom is -0.478 e. The lowest BCUT2D eigenvalue weighted by Gasteiger charge is -2.25. The van der Waals surface area contributed by atoms with Gasteiger partial charge < -0.3 is 10.0 Å². The summed E-state index contributed by atoms with van der Waals surface area (Å²) in [6, 6.07) is 5.63. The van der Waals surface area contributed by atoms with Gasteiger partial charge in [-0.25, -0.2) is 4.79 Å². The van der Waals surface area contributed by atoms with E-state index < -0.39 is 5.97 Å². The first-order chi connectivity index (χ1) is 9.10. The molecule has 19 heavy (non-hydrogen) atoms. The van der Waals surface area contributed by atoms with E-state index in [2.05, 4.69) is 11.8 Å². The van der Waals surface area contributed by atoms with Gasteiger partial charge in [0.25, 0.3) is 0 Å². The standard InChI is InChI=1S/C15H18ClNO2/c1-2-17(10-11-3-4-11)14-7-6-13(16)9-12(14)5-8-15(18)19/h5-9,11H,2-4,10H2,1H3,(H,18,19)/b8-5+. The topological polar surface area (TPSA) is 40.5 Å². The van der Waals surface area contributed by atoms with Gasteiger partial charge in [-0.15, -0.1) is 0 Å². The number of benzene rings is 1. The van der Waals surface area contributed by atoms with Crippen molar-refractivity contribution in [2.75, 3.05) is 18.0 Å². The SMILES string of the molecule is CCN(CC1CC1)c1ccc(Cl)cc1/C=C/C(=O)O. The van der Waals surface area contributed by atoms with Crippen LogP contribution in [0.5, 0.6) is 0 Å². The lowest BCUT2D eigenvalue weighted by Crippen LogP contribution is -2.25. The predicted octanol–water partition coefficient (Wildman–Crippen LogP) is 3.67. The van der Waals surface area contributed by atoms with Gasteiger partial charge in [0.15, 0.2) is 0 Å². The van der Waals surface area contributed by atoms with E-state index in [-0.39, 0.29) is 0 Å². The van der Waals surface area contributed by atoms with Crippen molar-refractivity contribution in [3.63, 3.8) is 0 Å². The maximum Gasteiger partial charge on any atom is 0.328 e. The summed E-state index contributed by atoms with van der Waals surface area (Å²) in [4.78, 5) is 12.9. The molecule has 4 heteroatoms. The van der Waals surface area contributed by atoms with E-state index in [1.807, 2.05) is 18.2 Å². The minimum atomic E-state index is -0.948. The van der Waals surface area contributed by atoms with E-state index in [1.54, 1.807) is 6.08 Å². The summed E-state index contributed by atoms with van der Waals surface area (Å²) in [5.74, 6) is -0.164. The van der Waals surface area contributed by atoms with Crippen molar-refractivity contribution in [2.24, 2.45) is 5.92 Å². The fourth-order valence-corrected chi connectivity index (χ4v) is 2.30. The van der Waals surface area contributed by atoms with Crippen LogP contribution in [0.1, 0.15) is 25.3 Å². The van der Waals surface area contributed by atoms with Crippen molar-refractivity contribution in [1.82, 2.24) is 0 Å². The second kappa shape index (κ2) is 6.11. The van der Waals surface area contributed by atoms with Crippen LogP contribution in [0.15, 0.2) is 24.3 Å². The highest BCUT2D eigenvalue weighted by atomic mass is 35.5. The highest BCUT2D eigenvalue weighted by molar-refractivity contribution is 6.30. The zero-order valence-electron chi connectivity index (χ0n) is 11.0. The van der Waals surface area contributed by atoms with Crippen LogP contribution in [-0.4, -0.2) is 24.2 Å². The molecule has 1 aromatic carbocycles. The molecule has 0 amide bonds. The Balaban J connectivity index is 2.28. The van der Waals surface area contributed by atoms with E-state index in [0.717, 1.165) is 36.3 Å². The second-order valence-electron chi connectivity index (χ2n) is 4.86. The quantitative estimate of drug-likeness (QED) is 0.808. The summed E-state index contributed by atoms with van der Waals surface area (Å²) < 4.78 is 0. The molecule has 1 aliphatic carbocycles. The van der Waals surface area contributed by atoms with Gasteiger partial charge in [-0.2, -0.15) is 0 Å². The molecule has 0 radical (unpaired) electrons. The molecule has 0 spiro atoms. The van der Waals surface area contributed by atoms with Gasteiger partial charge >= 0.3 is 5.97 Å². The first-order valence-electron chi connectivity index (χ1n) is 6.55. The Morgan fingerprint density at radius 3 is 2.84 bits per heavy atom. The van der Waals surface area contributed by atoms with E-state index in [0.29, 0.717) is 5.02 Å². The number of halogens is 1. The van der Waals surface area contributed by atoms with Gasteiger partial charge in [-0.05, 0) is 55.5 Å². The Morgan fingerprint density at radius 1 is 1.53 bits per heavy atom. The molecule has 0 saturated heterocycles. The van der Waals surface area contributed by atoms with Crippen molar-refractivity contribution in [3.8, 4) is 0 Å². The molecule has 0 heterocycles. The maximum atomic E-state index is 10.7. The maximum absolute atomic E-state index is 10.7. The molecule has 0 aromatic heterocycles. The predicted molar refractivity (Wildman–Crippen MR) is 78.7 cm³/mol. The van der Waals surface area contributed by atoms with Crippen molar-refractivity contribution < 1.29 is 9.90 Å². The summed E-state index contributed by atoms with van der Waals surface area (Å²) >= 11 is 6.00. The van der Waals surface area contributed by atoms with Crippen molar-refractivity contribution in [1.29, 1.82) is 0 Å². The minimum absolute atomic E-state index is 0.622. The molecule has 0 atom stereocenters. The summed E-state index contributed by atoms with van der Waals surface area (Å²) in [6.45, 7) is 4.06. The molecule has 1 saturated carbocycles. The van der Waals surface area contributed by atoms with Crippen LogP contribution in [0, 0.1) is 5.92 Å². The zero-order valence-corrected chi connectivity index (χ0v) is 11.7. The van der Waals surface area contributed by atoms with E-state index in [1.165, 1.54) is 12.8 Å². The van der Waals surface area contributed by atoms with Gasteiger partial charge in [0.2, 0.25) is 0 Å². The molecule has 0 aliphatic heterocycles. The smallest absolute Gasteiger partial charge is 0.328 e. The van der Waals surface area contributed by atoms with E-state index in [4.69, 9.17) is 16.7 Å². The van der Waals surface area contributed by atoms with Gasteiger partial charge in [0, 0.05) is 29.9 Å². The third kappa shape index (κ3) is 4.00. The molecular weight excluding hydrogens is 262 g/mol. The molecule has 3 nitrogen and oxygen atoms in total.